The van der Waals surface area contributed by atoms with Crippen molar-refractivity contribution in [2.75, 3.05) is 6.54 Å². The average Bonchev–Trinajstić information content (AvgIpc) is 3.05. The van der Waals surface area contributed by atoms with Crippen LogP contribution in [0.1, 0.15) is 32.1 Å². The van der Waals surface area contributed by atoms with Crippen molar-refractivity contribution in [3.05, 3.63) is 57.8 Å². The summed E-state index contributed by atoms with van der Waals surface area (Å²) in [5.74, 6) is 0.692. The summed E-state index contributed by atoms with van der Waals surface area (Å²) in [7, 11) is -3.82. The number of benzene rings is 2. The maximum atomic E-state index is 13.1. The lowest BCUT2D eigenvalue weighted by atomic mass is 10.1. The predicted octanol–water partition coefficient (Wildman–Crippen LogP) is 5.87. The Morgan fingerprint density at radius 3 is 2.42 bits per heavy atom. The molecule has 31 heavy (non-hydrogen) atoms. The number of fused-ring (bicyclic) bond motifs is 3. The number of hydrogen-bond acceptors (Lipinski definition) is 5. The van der Waals surface area contributed by atoms with Gasteiger partial charge in [-0.25, -0.2) is 13.2 Å². The number of ether oxygens (including phenoxy) is 1. The summed E-state index contributed by atoms with van der Waals surface area (Å²) in [5.41, 5.74) is 0.536. The van der Waals surface area contributed by atoms with E-state index in [0.29, 0.717) is 34.7 Å². The second-order valence-electron chi connectivity index (χ2n) is 8.39. The number of amides is 1. The SMILES string of the molecule is CC(C)(C)OC(=O)N1CCc2oc3c(Cl)cc(S(=O)(=O)c4ccc(Cl)cc4)cc3c2C1. The van der Waals surface area contributed by atoms with Crippen LogP contribution in [-0.2, 0) is 27.5 Å². The fourth-order valence-electron chi connectivity index (χ4n) is 3.50. The van der Waals surface area contributed by atoms with Crippen LogP contribution in [0.5, 0.6) is 0 Å². The molecule has 0 N–H and O–H groups in total. The Bertz CT molecular complexity index is 1270. The van der Waals surface area contributed by atoms with Crippen LogP contribution < -0.4 is 0 Å². The van der Waals surface area contributed by atoms with Crippen LogP contribution in [0.3, 0.4) is 0 Å². The number of carbonyl (C=O) groups is 1. The van der Waals surface area contributed by atoms with Crippen molar-refractivity contribution in [3.8, 4) is 0 Å². The van der Waals surface area contributed by atoms with Gasteiger partial charge in [-0.05, 0) is 57.2 Å². The molecule has 9 heteroatoms. The number of rotatable bonds is 2. The molecule has 0 saturated heterocycles. The van der Waals surface area contributed by atoms with Gasteiger partial charge in [0, 0.05) is 28.9 Å². The fraction of sp³-hybridized carbons (Fsp3) is 0.318. The highest BCUT2D eigenvalue weighted by atomic mass is 35.5. The number of sulfone groups is 1. The zero-order chi connectivity index (χ0) is 22.6. The van der Waals surface area contributed by atoms with Crippen molar-refractivity contribution in [2.24, 2.45) is 0 Å². The highest BCUT2D eigenvalue weighted by molar-refractivity contribution is 7.91. The normalized spacial score (nSPS) is 14.5. The average molecular weight is 482 g/mol. The lowest BCUT2D eigenvalue weighted by molar-refractivity contribution is 0.0220. The molecule has 1 aliphatic rings. The fourth-order valence-corrected chi connectivity index (χ4v) is 5.26. The zero-order valence-corrected chi connectivity index (χ0v) is 19.6. The van der Waals surface area contributed by atoms with Crippen molar-refractivity contribution in [3.63, 3.8) is 0 Å². The first-order chi connectivity index (χ1) is 14.5. The molecule has 2 heterocycles. The van der Waals surface area contributed by atoms with E-state index in [1.807, 2.05) is 0 Å². The van der Waals surface area contributed by atoms with Gasteiger partial charge in [-0.15, -0.1) is 0 Å². The van der Waals surface area contributed by atoms with E-state index >= 15 is 0 Å². The first-order valence-electron chi connectivity index (χ1n) is 9.68. The minimum atomic E-state index is -3.82. The van der Waals surface area contributed by atoms with E-state index in [9.17, 15) is 13.2 Å². The maximum Gasteiger partial charge on any atom is 0.410 e. The van der Waals surface area contributed by atoms with Gasteiger partial charge < -0.3 is 14.1 Å². The Balaban J connectivity index is 1.76. The second kappa shape index (κ2) is 7.73. The van der Waals surface area contributed by atoms with Gasteiger partial charge in [0.05, 0.1) is 21.4 Å². The number of nitrogens with zero attached hydrogens (tertiary/aromatic N) is 1. The monoisotopic (exact) mass is 481 g/mol. The van der Waals surface area contributed by atoms with Crippen molar-refractivity contribution < 1.29 is 22.4 Å². The molecule has 1 aromatic heterocycles. The van der Waals surface area contributed by atoms with Crippen LogP contribution in [0.2, 0.25) is 10.0 Å². The van der Waals surface area contributed by atoms with E-state index in [-0.39, 0.29) is 21.4 Å². The van der Waals surface area contributed by atoms with Crippen molar-refractivity contribution in [2.45, 2.75) is 49.1 Å². The highest BCUT2D eigenvalue weighted by Gasteiger charge is 2.30. The zero-order valence-electron chi connectivity index (χ0n) is 17.2. The minimum absolute atomic E-state index is 0.0466. The lowest BCUT2D eigenvalue weighted by Gasteiger charge is -2.29. The van der Waals surface area contributed by atoms with Crippen LogP contribution in [0.15, 0.2) is 50.6 Å². The van der Waals surface area contributed by atoms with Gasteiger partial charge in [0.25, 0.3) is 0 Å². The molecule has 4 rings (SSSR count). The summed E-state index contributed by atoms with van der Waals surface area (Å²) in [6.45, 7) is 6.11. The van der Waals surface area contributed by atoms with Gasteiger partial charge in [-0.2, -0.15) is 0 Å². The van der Waals surface area contributed by atoms with Gasteiger partial charge in [0.2, 0.25) is 9.84 Å². The molecule has 1 aliphatic heterocycles. The summed E-state index contributed by atoms with van der Waals surface area (Å²) < 4.78 is 37.7. The Labute approximate surface area is 190 Å². The molecule has 0 unspecified atom stereocenters. The molecule has 0 atom stereocenters. The molecule has 0 spiro atoms. The van der Waals surface area contributed by atoms with Crippen molar-refractivity contribution >= 4 is 50.1 Å². The smallest absolute Gasteiger partial charge is 0.410 e. The Morgan fingerprint density at radius 1 is 1.10 bits per heavy atom. The molecule has 0 aliphatic carbocycles. The molecule has 164 valence electrons. The number of furan rings is 1. The van der Waals surface area contributed by atoms with Gasteiger partial charge >= 0.3 is 6.09 Å². The molecule has 0 bridgehead atoms. The third-order valence-corrected chi connectivity index (χ3v) is 7.23. The summed E-state index contributed by atoms with van der Waals surface area (Å²) in [5, 5.41) is 1.21. The van der Waals surface area contributed by atoms with Crippen LogP contribution in [-0.4, -0.2) is 31.6 Å². The van der Waals surface area contributed by atoms with E-state index in [1.54, 1.807) is 31.7 Å². The topological polar surface area (TPSA) is 76.8 Å². The molecule has 1 amide bonds. The Morgan fingerprint density at radius 2 is 1.77 bits per heavy atom. The molecule has 6 nitrogen and oxygen atoms in total. The molecule has 0 radical (unpaired) electrons. The number of hydrogen-bond donors (Lipinski definition) is 0. The van der Waals surface area contributed by atoms with Gasteiger partial charge in [0.1, 0.15) is 11.4 Å². The van der Waals surface area contributed by atoms with Crippen LogP contribution in [0, 0.1) is 0 Å². The van der Waals surface area contributed by atoms with Crippen LogP contribution in [0.25, 0.3) is 11.0 Å². The second-order valence-corrected chi connectivity index (χ2v) is 11.2. The molecular weight excluding hydrogens is 461 g/mol. The summed E-state index contributed by atoms with van der Waals surface area (Å²) in [6, 6.07) is 8.87. The van der Waals surface area contributed by atoms with E-state index < -0.39 is 21.5 Å². The summed E-state index contributed by atoms with van der Waals surface area (Å²) in [4.78, 5) is 14.3. The largest absolute Gasteiger partial charge is 0.459 e. The van der Waals surface area contributed by atoms with E-state index in [1.165, 1.54) is 30.3 Å². The van der Waals surface area contributed by atoms with E-state index in [2.05, 4.69) is 0 Å². The van der Waals surface area contributed by atoms with E-state index in [4.69, 9.17) is 32.4 Å². The van der Waals surface area contributed by atoms with Crippen molar-refractivity contribution in [1.82, 2.24) is 4.90 Å². The van der Waals surface area contributed by atoms with E-state index in [0.717, 1.165) is 5.56 Å². The van der Waals surface area contributed by atoms with Crippen LogP contribution >= 0.6 is 23.2 Å². The third-order valence-electron chi connectivity index (χ3n) is 4.95. The Hall–Kier alpha value is -2.22. The van der Waals surface area contributed by atoms with Crippen molar-refractivity contribution in [1.29, 1.82) is 0 Å². The quantitative estimate of drug-likeness (QED) is 0.457. The van der Waals surface area contributed by atoms with Gasteiger partial charge in [-0.1, -0.05) is 23.2 Å². The van der Waals surface area contributed by atoms with Gasteiger partial charge in [0.15, 0.2) is 5.58 Å². The first-order valence-corrected chi connectivity index (χ1v) is 11.9. The predicted molar refractivity (Wildman–Crippen MR) is 118 cm³/mol. The minimum Gasteiger partial charge on any atom is -0.459 e. The summed E-state index contributed by atoms with van der Waals surface area (Å²) >= 11 is 12.3. The number of carbonyl (C=O) groups excluding carboxylic acids is 1. The molecular formula is C22H21Cl2NO5S. The van der Waals surface area contributed by atoms with Crippen LogP contribution in [0.4, 0.5) is 4.79 Å². The molecule has 0 fully saturated rings. The lowest BCUT2D eigenvalue weighted by Crippen LogP contribution is -2.39. The Kier molecular flexibility index (Phi) is 5.48. The molecule has 2 aromatic carbocycles. The maximum absolute atomic E-state index is 13.1. The summed E-state index contributed by atoms with van der Waals surface area (Å²) in [6.07, 6.45) is 0.0577. The molecule has 0 saturated carbocycles. The number of halogens is 2. The standard InChI is InChI=1S/C22H21Cl2NO5S/c1-22(2,3)30-21(26)25-9-8-19-17(12-25)16-10-15(11-18(24)20(16)29-19)31(27,28)14-6-4-13(23)5-7-14/h4-7,10-11H,8-9,12H2,1-3H3. The first kappa shape index (κ1) is 22.0. The molecule has 3 aromatic rings. The highest BCUT2D eigenvalue weighted by Crippen LogP contribution is 2.38. The van der Waals surface area contributed by atoms with Gasteiger partial charge in [-0.3, -0.25) is 0 Å². The third kappa shape index (κ3) is 4.27.